The predicted molar refractivity (Wildman–Crippen MR) is 89.1 cm³/mol. The van der Waals surface area contributed by atoms with Gasteiger partial charge in [0.1, 0.15) is 5.82 Å². The van der Waals surface area contributed by atoms with Gasteiger partial charge in [0.25, 0.3) is 0 Å². The fraction of sp³-hybridized carbons (Fsp3) is 0.278. The molecule has 0 N–H and O–H groups in total. The van der Waals surface area contributed by atoms with Gasteiger partial charge in [-0.05, 0) is 29.5 Å². The summed E-state index contributed by atoms with van der Waals surface area (Å²) < 4.78 is 39.4. The first-order chi connectivity index (χ1) is 11.4. The third-order valence-electron chi connectivity index (χ3n) is 4.33. The second-order valence-electron chi connectivity index (χ2n) is 6.02. The summed E-state index contributed by atoms with van der Waals surface area (Å²) in [7, 11) is -2.47. The Balaban J connectivity index is 1.71. The van der Waals surface area contributed by atoms with Crippen molar-refractivity contribution in [1.29, 1.82) is 0 Å². The third-order valence-corrected chi connectivity index (χ3v) is 6.04. The topological polar surface area (TPSA) is 54.5 Å². The van der Waals surface area contributed by atoms with Crippen LogP contribution >= 0.6 is 0 Å². The SMILES string of the molecule is CN(C(=O)[C@@H]1C[C@@H]1c1ccccc1F)S(=O)(=O)Cc1ccccc1. The summed E-state index contributed by atoms with van der Waals surface area (Å²) in [6.07, 6.45) is 0.477. The Morgan fingerprint density at radius 3 is 2.42 bits per heavy atom. The zero-order valence-electron chi connectivity index (χ0n) is 13.2. The van der Waals surface area contributed by atoms with Crippen LogP contribution in [0.5, 0.6) is 0 Å². The first-order valence-corrected chi connectivity index (χ1v) is 9.30. The highest BCUT2D eigenvalue weighted by atomic mass is 32.2. The van der Waals surface area contributed by atoms with E-state index >= 15 is 0 Å². The molecule has 1 aliphatic carbocycles. The lowest BCUT2D eigenvalue weighted by molar-refractivity contribution is -0.127. The van der Waals surface area contributed by atoms with Gasteiger partial charge < -0.3 is 0 Å². The largest absolute Gasteiger partial charge is 0.273 e. The molecule has 1 aliphatic rings. The number of hydrogen-bond donors (Lipinski definition) is 0. The molecule has 0 spiro atoms. The Hall–Kier alpha value is -2.21. The molecule has 2 aromatic rings. The maximum Gasteiger partial charge on any atom is 0.241 e. The molecule has 3 rings (SSSR count). The second-order valence-corrected chi connectivity index (χ2v) is 8.02. The Morgan fingerprint density at radius 2 is 1.75 bits per heavy atom. The van der Waals surface area contributed by atoms with Crippen LogP contribution in [0.1, 0.15) is 23.5 Å². The van der Waals surface area contributed by atoms with E-state index in [1.807, 2.05) is 0 Å². The summed E-state index contributed by atoms with van der Waals surface area (Å²) in [5.74, 6) is -1.77. The van der Waals surface area contributed by atoms with Crippen molar-refractivity contribution in [3.8, 4) is 0 Å². The average Bonchev–Trinajstić information content (AvgIpc) is 3.35. The van der Waals surface area contributed by atoms with Crippen molar-refractivity contribution in [2.75, 3.05) is 7.05 Å². The second kappa shape index (κ2) is 6.36. The van der Waals surface area contributed by atoms with E-state index in [9.17, 15) is 17.6 Å². The zero-order chi connectivity index (χ0) is 17.3. The summed E-state index contributed by atoms with van der Waals surface area (Å²) in [5.41, 5.74) is 1.10. The summed E-state index contributed by atoms with van der Waals surface area (Å²) in [6, 6.07) is 15.0. The molecule has 0 aliphatic heterocycles. The number of carbonyl (C=O) groups is 1. The molecule has 1 fully saturated rings. The first-order valence-electron chi connectivity index (χ1n) is 7.69. The van der Waals surface area contributed by atoms with Gasteiger partial charge in [0.15, 0.2) is 0 Å². The van der Waals surface area contributed by atoms with Crippen molar-refractivity contribution in [3.05, 3.63) is 71.5 Å². The number of carbonyl (C=O) groups excluding carboxylic acids is 1. The van der Waals surface area contributed by atoms with Crippen LogP contribution < -0.4 is 0 Å². The number of halogens is 1. The molecule has 0 saturated heterocycles. The van der Waals surface area contributed by atoms with Crippen LogP contribution in [0, 0.1) is 11.7 Å². The van der Waals surface area contributed by atoms with Crippen molar-refractivity contribution in [3.63, 3.8) is 0 Å². The fourth-order valence-corrected chi connectivity index (χ4v) is 4.06. The van der Waals surface area contributed by atoms with Crippen molar-refractivity contribution in [1.82, 2.24) is 4.31 Å². The number of hydrogen-bond acceptors (Lipinski definition) is 3. The highest BCUT2D eigenvalue weighted by Crippen LogP contribution is 2.49. The van der Waals surface area contributed by atoms with Crippen LogP contribution in [0.2, 0.25) is 0 Å². The molecule has 126 valence electrons. The van der Waals surface area contributed by atoms with Gasteiger partial charge in [-0.25, -0.2) is 17.1 Å². The van der Waals surface area contributed by atoms with E-state index in [0.29, 0.717) is 17.5 Å². The predicted octanol–water partition coefficient (Wildman–Crippen LogP) is 2.92. The van der Waals surface area contributed by atoms with Crippen LogP contribution in [0.4, 0.5) is 4.39 Å². The molecule has 0 radical (unpaired) electrons. The molecular formula is C18H18FNO3S. The van der Waals surface area contributed by atoms with Gasteiger partial charge >= 0.3 is 0 Å². The van der Waals surface area contributed by atoms with E-state index in [0.717, 1.165) is 4.31 Å². The van der Waals surface area contributed by atoms with E-state index in [1.54, 1.807) is 48.5 Å². The minimum atomic E-state index is -3.74. The molecular weight excluding hydrogens is 329 g/mol. The van der Waals surface area contributed by atoms with E-state index in [1.165, 1.54) is 13.1 Å². The summed E-state index contributed by atoms with van der Waals surface area (Å²) in [6.45, 7) is 0. The molecule has 24 heavy (non-hydrogen) atoms. The molecule has 2 aromatic carbocycles. The van der Waals surface area contributed by atoms with Gasteiger partial charge in [-0.3, -0.25) is 4.79 Å². The highest BCUT2D eigenvalue weighted by molar-refractivity contribution is 7.88. The van der Waals surface area contributed by atoms with Gasteiger partial charge in [-0.2, -0.15) is 0 Å². The maximum absolute atomic E-state index is 13.8. The van der Waals surface area contributed by atoms with Crippen molar-refractivity contribution < 1.29 is 17.6 Å². The van der Waals surface area contributed by atoms with Crippen molar-refractivity contribution in [2.45, 2.75) is 18.1 Å². The highest BCUT2D eigenvalue weighted by Gasteiger charge is 2.48. The number of nitrogens with zero attached hydrogens (tertiary/aromatic N) is 1. The molecule has 0 heterocycles. The first kappa shape index (κ1) is 16.6. The minimum Gasteiger partial charge on any atom is -0.273 e. The molecule has 0 bridgehead atoms. The summed E-state index contributed by atoms with van der Waals surface area (Å²) >= 11 is 0. The van der Waals surface area contributed by atoms with E-state index in [4.69, 9.17) is 0 Å². The van der Waals surface area contributed by atoms with Crippen LogP contribution in [0.25, 0.3) is 0 Å². The number of sulfonamides is 1. The monoisotopic (exact) mass is 347 g/mol. The van der Waals surface area contributed by atoms with E-state index < -0.39 is 21.8 Å². The zero-order valence-corrected chi connectivity index (χ0v) is 14.0. The molecule has 2 atom stereocenters. The Bertz CT molecular complexity index is 852. The van der Waals surface area contributed by atoms with Crippen LogP contribution in [0.3, 0.4) is 0 Å². The molecule has 0 unspecified atom stereocenters. The smallest absolute Gasteiger partial charge is 0.241 e. The van der Waals surface area contributed by atoms with Crippen molar-refractivity contribution >= 4 is 15.9 Å². The summed E-state index contributed by atoms with van der Waals surface area (Å²) in [5, 5.41) is 0. The lowest BCUT2D eigenvalue weighted by Crippen LogP contribution is -2.35. The Morgan fingerprint density at radius 1 is 1.12 bits per heavy atom. The molecule has 6 heteroatoms. The number of benzene rings is 2. The third kappa shape index (κ3) is 3.33. The Labute approximate surface area is 141 Å². The fourth-order valence-electron chi connectivity index (χ4n) is 2.84. The minimum absolute atomic E-state index is 0.229. The van der Waals surface area contributed by atoms with Crippen LogP contribution in [-0.4, -0.2) is 25.7 Å². The van der Waals surface area contributed by atoms with E-state index in [-0.39, 0.29) is 17.5 Å². The Kier molecular flexibility index (Phi) is 4.41. The van der Waals surface area contributed by atoms with Gasteiger partial charge in [-0.1, -0.05) is 48.5 Å². The van der Waals surface area contributed by atoms with Gasteiger partial charge in [0, 0.05) is 13.0 Å². The lowest BCUT2D eigenvalue weighted by Gasteiger charge is -2.18. The number of amides is 1. The van der Waals surface area contributed by atoms with Crippen LogP contribution in [0.15, 0.2) is 54.6 Å². The summed E-state index contributed by atoms with van der Waals surface area (Å²) in [4.78, 5) is 12.5. The van der Waals surface area contributed by atoms with Crippen molar-refractivity contribution in [2.24, 2.45) is 5.92 Å². The standard InChI is InChI=1S/C18H18FNO3S/c1-20(24(22,23)12-13-7-3-2-4-8-13)18(21)16-11-15(16)14-9-5-6-10-17(14)19/h2-10,15-16H,11-12H2,1H3/t15-,16-/m1/s1. The van der Waals surface area contributed by atoms with Gasteiger partial charge in [0.05, 0.1) is 5.75 Å². The maximum atomic E-state index is 13.8. The van der Waals surface area contributed by atoms with E-state index in [2.05, 4.69) is 0 Å². The molecule has 4 nitrogen and oxygen atoms in total. The van der Waals surface area contributed by atoms with Gasteiger partial charge in [-0.15, -0.1) is 0 Å². The quantitative estimate of drug-likeness (QED) is 0.836. The average molecular weight is 347 g/mol. The van der Waals surface area contributed by atoms with Gasteiger partial charge in [0.2, 0.25) is 15.9 Å². The molecule has 0 aromatic heterocycles. The number of rotatable bonds is 5. The molecule has 1 saturated carbocycles. The van der Waals surface area contributed by atoms with Crippen LogP contribution in [-0.2, 0) is 20.6 Å². The normalized spacial score (nSPS) is 19.8. The molecule has 1 amide bonds. The lowest BCUT2D eigenvalue weighted by atomic mass is 10.1.